The number of para-hydroxylation sites is 1. The molecule has 1 N–H and O–H groups in total. The Morgan fingerprint density at radius 2 is 1.89 bits per heavy atom. The van der Waals surface area contributed by atoms with Crippen LogP contribution >= 0.6 is 0 Å². The summed E-state index contributed by atoms with van der Waals surface area (Å²) in [6.07, 6.45) is 0. The summed E-state index contributed by atoms with van der Waals surface area (Å²) in [5.74, 6) is -0.348. The number of rotatable bonds is 1. The summed E-state index contributed by atoms with van der Waals surface area (Å²) in [7, 11) is 0. The van der Waals surface area contributed by atoms with Crippen molar-refractivity contribution in [1.82, 2.24) is 5.32 Å². The molecule has 0 aliphatic heterocycles. The molecular formula is C14H15NO3. The normalized spacial score (nSPS) is 11.5. The molecule has 0 aliphatic rings. The van der Waals surface area contributed by atoms with Gasteiger partial charge in [0.15, 0.2) is 11.2 Å². The number of hydrogen-bond donors (Lipinski definition) is 1. The molecule has 0 unspecified atom stereocenters. The van der Waals surface area contributed by atoms with Crippen LogP contribution in [0.5, 0.6) is 0 Å². The van der Waals surface area contributed by atoms with Crippen molar-refractivity contribution in [3.8, 4) is 0 Å². The van der Waals surface area contributed by atoms with E-state index in [1.165, 1.54) is 6.07 Å². The zero-order valence-corrected chi connectivity index (χ0v) is 10.6. The second kappa shape index (κ2) is 4.29. The van der Waals surface area contributed by atoms with Gasteiger partial charge >= 0.3 is 0 Å². The SMILES string of the molecule is CC(C)(C)NC(=O)c1cc(=O)c2ccccc2o1. The van der Waals surface area contributed by atoms with Crippen molar-refractivity contribution in [2.24, 2.45) is 0 Å². The van der Waals surface area contributed by atoms with E-state index in [2.05, 4.69) is 5.32 Å². The lowest BCUT2D eigenvalue weighted by Gasteiger charge is -2.19. The maximum atomic E-state index is 11.9. The predicted molar refractivity (Wildman–Crippen MR) is 69.7 cm³/mol. The zero-order valence-electron chi connectivity index (χ0n) is 10.6. The van der Waals surface area contributed by atoms with E-state index in [9.17, 15) is 9.59 Å². The quantitative estimate of drug-likeness (QED) is 0.838. The monoisotopic (exact) mass is 245 g/mol. The molecule has 1 heterocycles. The third-order valence-electron chi connectivity index (χ3n) is 2.35. The van der Waals surface area contributed by atoms with Crippen molar-refractivity contribution in [1.29, 1.82) is 0 Å². The molecule has 0 atom stereocenters. The highest BCUT2D eigenvalue weighted by Crippen LogP contribution is 2.12. The lowest BCUT2D eigenvalue weighted by Crippen LogP contribution is -2.40. The number of carbonyl (C=O) groups is 1. The van der Waals surface area contributed by atoms with Gasteiger partial charge in [0.25, 0.3) is 5.91 Å². The molecule has 1 aromatic carbocycles. The predicted octanol–water partition coefficient (Wildman–Crippen LogP) is 2.32. The number of hydrogen-bond acceptors (Lipinski definition) is 3. The van der Waals surface area contributed by atoms with Gasteiger partial charge in [-0.3, -0.25) is 9.59 Å². The van der Waals surface area contributed by atoms with Crippen LogP contribution in [0.1, 0.15) is 31.3 Å². The first kappa shape index (κ1) is 12.4. The lowest BCUT2D eigenvalue weighted by atomic mass is 10.1. The summed E-state index contributed by atoms with van der Waals surface area (Å²) in [4.78, 5) is 23.7. The largest absolute Gasteiger partial charge is 0.451 e. The van der Waals surface area contributed by atoms with Crippen molar-refractivity contribution < 1.29 is 9.21 Å². The summed E-state index contributed by atoms with van der Waals surface area (Å²) in [5, 5.41) is 3.23. The number of benzene rings is 1. The van der Waals surface area contributed by atoms with Gasteiger partial charge in [-0.2, -0.15) is 0 Å². The summed E-state index contributed by atoms with van der Waals surface area (Å²) in [6.45, 7) is 5.60. The first-order valence-electron chi connectivity index (χ1n) is 5.72. The van der Waals surface area contributed by atoms with Crippen LogP contribution in [0.2, 0.25) is 0 Å². The molecule has 0 saturated carbocycles. The van der Waals surface area contributed by atoms with Crippen LogP contribution in [0.4, 0.5) is 0 Å². The van der Waals surface area contributed by atoms with Gasteiger partial charge in [0.2, 0.25) is 0 Å². The fourth-order valence-corrected chi connectivity index (χ4v) is 1.62. The molecule has 4 heteroatoms. The second-order valence-electron chi connectivity index (χ2n) is 5.18. The molecule has 1 aromatic heterocycles. The fourth-order valence-electron chi connectivity index (χ4n) is 1.62. The third-order valence-corrected chi connectivity index (χ3v) is 2.35. The Hall–Kier alpha value is -2.10. The van der Waals surface area contributed by atoms with Crippen molar-refractivity contribution in [2.45, 2.75) is 26.3 Å². The van der Waals surface area contributed by atoms with E-state index in [-0.39, 0.29) is 22.6 Å². The van der Waals surface area contributed by atoms with Crippen molar-refractivity contribution >= 4 is 16.9 Å². The average Bonchev–Trinajstić information content (AvgIpc) is 2.26. The molecule has 0 fully saturated rings. The molecule has 0 spiro atoms. The van der Waals surface area contributed by atoms with E-state index in [1.807, 2.05) is 20.8 Å². The number of amides is 1. The van der Waals surface area contributed by atoms with E-state index < -0.39 is 0 Å². The van der Waals surface area contributed by atoms with Crippen LogP contribution < -0.4 is 10.7 Å². The van der Waals surface area contributed by atoms with E-state index in [0.29, 0.717) is 11.0 Å². The Bertz CT molecular complexity index is 650. The summed E-state index contributed by atoms with van der Waals surface area (Å²) in [5.41, 5.74) is -0.165. The summed E-state index contributed by atoms with van der Waals surface area (Å²) >= 11 is 0. The van der Waals surface area contributed by atoms with Gasteiger partial charge in [-0.25, -0.2) is 0 Å². The van der Waals surface area contributed by atoms with Crippen LogP contribution in [0.15, 0.2) is 39.5 Å². The van der Waals surface area contributed by atoms with Crippen molar-refractivity contribution in [2.75, 3.05) is 0 Å². The van der Waals surface area contributed by atoms with Gasteiger partial charge in [0.05, 0.1) is 5.39 Å². The van der Waals surface area contributed by atoms with Gasteiger partial charge in [-0.05, 0) is 32.9 Å². The molecule has 0 aliphatic carbocycles. The first-order valence-corrected chi connectivity index (χ1v) is 5.72. The molecule has 18 heavy (non-hydrogen) atoms. The number of nitrogens with one attached hydrogen (secondary N) is 1. The molecule has 2 rings (SSSR count). The standard InChI is InChI=1S/C14H15NO3/c1-14(2,3)15-13(17)12-8-10(16)9-6-4-5-7-11(9)18-12/h4-8H,1-3H3,(H,15,17). The van der Waals surface area contributed by atoms with Crippen LogP contribution in [0.3, 0.4) is 0 Å². The van der Waals surface area contributed by atoms with E-state index >= 15 is 0 Å². The van der Waals surface area contributed by atoms with Gasteiger partial charge in [0, 0.05) is 11.6 Å². The zero-order chi connectivity index (χ0) is 13.3. The van der Waals surface area contributed by atoms with Crippen LogP contribution in [-0.2, 0) is 0 Å². The van der Waals surface area contributed by atoms with E-state index in [1.54, 1.807) is 24.3 Å². The van der Waals surface area contributed by atoms with Crippen molar-refractivity contribution in [3.05, 3.63) is 46.3 Å². The van der Waals surface area contributed by atoms with Crippen molar-refractivity contribution in [3.63, 3.8) is 0 Å². The van der Waals surface area contributed by atoms with Gasteiger partial charge < -0.3 is 9.73 Å². The molecule has 2 aromatic rings. The van der Waals surface area contributed by atoms with Gasteiger partial charge in [0.1, 0.15) is 5.58 Å². The molecule has 0 saturated heterocycles. The van der Waals surface area contributed by atoms with Crippen LogP contribution in [0.25, 0.3) is 11.0 Å². The first-order chi connectivity index (χ1) is 8.37. The Balaban J connectivity index is 2.47. The Morgan fingerprint density at radius 1 is 1.22 bits per heavy atom. The van der Waals surface area contributed by atoms with Crippen LogP contribution in [0, 0.1) is 0 Å². The molecule has 1 amide bonds. The average molecular weight is 245 g/mol. The molecule has 0 bridgehead atoms. The minimum atomic E-state index is -0.384. The highest BCUT2D eigenvalue weighted by atomic mass is 16.3. The van der Waals surface area contributed by atoms with Gasteiger partial charge in [-0.15, -0.1) is 0 Å². The molecule has 0 radical (unpaired) electrons. The molecule has 4 nitrogen and oxygen atoms in total. The Kier molecular flexibility index (Phi) is 2.95. The van der Waals surface area contributed by atoms with Crippen LogP contribution in [-0.4, -0.2) is 11.4 Å². The topological polar surface area (TPSA) is 59.3 Å². The number of fused-ring (bicyclic) bond motifs is 1. The minimum absolute atomic E-state index is 0.0358. The van der Waals surface area contributed by atoms with E-state index in [4.69, 9.17) is 4.42 Å². The third kappa shape index (κ3) is 2.59. The summed E-state index contributed by atoms with van der Waals surface area (Å²) < 4.78 is 5.44. The number of carbonyl (C=O) groups excluding carboxylic acids is 1. The molecule has 94 valence electrons. The van der Waals surface area contributed by atoms with Gasteiger partial charge in [-0.1, -0.05) is 12.1 Å². The Morgan fingerprint density at radius 3 is 2.56 bits per heavy atom. The lowest BCUT2D eigenvalue weighted by molar-refractivity contribution is 0.0891. The maximum Gasteiger partial charge on any atom is 0.287 e. The second-order valence-corrected chi connectivity index (χ2v) is 5.18. The fraction of sp³-hybridized carbons (Fsp3) is 0.286. The minimum Gasteiger partial charge on any atom is -0.451 e. The van der Waals surface area contributed by atoms with E-state index in [0.717, 1.165) is 0 Å². The Labute approximate surface area is 105 Å². The molecular weight excluding hydrogens is 230 g/mol. The summed E-state index contributed by atoms with van der Waals surface area (Å²) in [6, 6.07) is 8.09. The highest BCUT2D eigenvalue weighted by Gasteiger charge is 2.18. The maximum absolute atomic E-state index is 11.9. The smallest absolute Gasteiger partial charge is 0.287 e. The highest BCUT2D eigenvalue weighted by molar-refractivity contribution is 5.93.